The van der Waals surface area contributed by atoms with Crippen LogP contribution in [0.25, 0.3) is 0 Å². The molecule has 1 N–H and O–H groups in total. The highest BCUT2D eigenvalue weighted by molar-refractivity contribution is 5.28. The average Bonchev–Trinajstić information content (AvgIpc) is 2.29. The molecule has 1 aliphatic rings. The van der Waals surface area contributed by atoms with Crippen LogP contribution < -0.4 is 0 Å². The molecule has 0 amide bonds. The molecule has 0 aromatic carbocycles. The number of aryl methyl sites for hydroxylation is 1. The minimum atomic E-state index is -0.715. The van der Waals surface area contributed by atoms with Crippen molar-refractivity contribution in [1.82, 2.24) is 4.98 Å². The Bertz CT molecular complexity index is 281. The Morgan fingerprint density at radius 3 is 3.27 bits per heavy atom. The first kappa shape index (κ1) is 6.80. The van der Waals surface area contributed by atoms with E-state index in [1.54, 1.807) is 19.2 Å². The second-order valence-electron chi connectivity index (χ2n) is 3.19. The van der Waals surface area contributed by atoms with Crippen LogP contribution in [-0.4, -0.2) is 10.1 Å². The van der Waals surface area contributed by atoms with Crippen molar-refractivity contribution in [3.63, 3.8) is 0 Å². The van der Waals surface area contributed by atoms with Crippen LogP contribution in [0.15, 0.2) is 12.3 Å². The summed E-state index contributed by atoms with van der Waals surface area (Å²) in [4.78, 5) is 4.13. The van der Waals surface area contributed by atoms with Gasteiger partial charge in [0.05, 0.1) is 5.69 Å². The van der Waals surface area contributed by atoms with Crippen LogP contribution in [0.2, 0.25) is 0 Å². The maximum absolute atomic E-state index is 9.76. The lowest BCUT2D eigenvalue weighted by molar-refractivity contribution is 0.0553. The predicted molar refractivity (Wildman–Crippen MR) is 41.0 cm³/mol. The van der Waals surface area contributed by atoms with Gasteiger partial charge in [-0.2, -0.15) is 0 Å². The summed E-state index contributed by atoms with van der Waals surface area (Å²) in [7, 11) is 0. The summed E-state index contributed by atoms with van der Waals surface area (Å²) < 4.78 is 0. The van der Waals surface area contributed by atoms with Gasteiger partial charge in [-0.3, -0.25) is 4.98 Å². The summed E-state index contributed by atoms with van der Waals surface area (Å²) in [5, 5.41) is 9.76. The molecule has 1 heterocycles. The third-order valence-electron chi connectivity index (χ3n) is 2.19. The van der Waals surface area contributed by atoms with E-state index < -0.39 is 5.60 Å². The SMILES string of the molecule is CC1(O)CCc2[c]ccnc21. The van der Waals surface area contributed by atoms with Crippen LogP contribution in [0.3, 0.4) is 0 Å². The lowest BCUT2D eigenvalue weighted by Crippen LogP contribution is -2.17. The Hall–Kier alpha value is -0.890. The van der Waals surface area contributed by atoms with Gasteiger partial charge in [-0.15, -0.1) is 0 Å². The second-order valence-corrected chi connectivity index (χ2v) is 3.19. The van der Waals surface area contributed by atoms with E-state index in [1.807, 2.05) is 0 Å². The summed E-state index contributed by atoms with van der Waals surface area (Å²) in [5.41, 5.74) is 1.16. The van der Waals surface area contributed by atoms with Crippen LogP contribution in [0.1, 0.15) is 24.6 Å². The third kappa shape index (κ3) is 0.942. The Kier molecular flexibility index (Phi) is 1.26. The van der Waals surface area contributed by atoms with Crippen LogP contribution in [0.5, 0.6) is 0 Å². The lowest BCUT2D eigenvalue weighted by atomic mass is 10.0. The summed E-state index contributed by atoms with van der Waals surface area (Å²) in [6, 6.07) is 4.87. The molecule has 0 bridgehead atoms. The third-order valence-corrected chi connectivity index (χ3v) is 2.19. The van der Waals surface area contributed by atoms with Gasteiger partial charge in [-0.1, -0.05) is 0 Å². The van der Waals surface area contributed by atoms with Gasteiger partial charge >= 0.3 is 0 Å². The van der Waals surface area contributed by atoms with Crippen molar-refractivity contribution in [3.05, 3.63) is 29.6 Å². The van der Waals surface area contributed by atoms with Crippen molar-refractivity contribution in [2.45, 2.75) is 25.4 Å². The Labute approximate surface area is 65.9 Å². The van der Waals surface area contributed by atoms with E-state index in [0.717, 1.165) is 24.1 Å². The second kappa shape index (κ2) is 2.05. The van der Waals surface area contributed by atoms with E-state index in [1.165, 1.54) is 0 Å². The first-order valence-electron chi connectivity index (χ1n) is 3.78. The predicted octanol–water partition coefficient (Wildman–Crippen LogP) is 1.04. The molecule has 0 saturated carbocycles. The van der Waals surface area contributed by atoms with E-state index in [0.29, 0.717) is 0 Å². The van der Waals surface area contributed by atoms with Crippen LogP contribution in [-0.2, 0) is 12.0 Å². The van der Waals surface area contributed by atoms with Gasteiger partial charge in [0.15, 0.2) is 0 Å². The molecule has 0 saturated heterocycles. The van der Waals surface area contributed by atoms with Gasteiger partial charge in [0.25, 0.3) is 0 Å². The average molecular weight is 148 g/mol. The van der Waals surface area contributed by atoms with Gasteiger partial charge < -0.3 is 5.11 Å². The Balaban J connectivity index is 2.56. The molecule has 0 fully saturated rings. The van der Waals surface area contributed by atoms with Gasteiger partial charge in [0.1, 0.15) is 5.60 Å². The number of fused-ring (bicyclic) bond motifs is 1. The standard InChI is InChI=1S/C9H10NO/c1-9(11)5-4-7-3-2-6-10-8(7)9/h2,6,11H,4-5H2,1H3. The number of hydrogen-bond donors (Lipinski definition) is 1. The highest BCUT2D eigenvalue weighted by Crippen LogP contribution is 2.33. The molecule has 1 aromatic heterocycles. The highest BCUT2D eigenvalue weighted by atomic mass is 16.3. The summed E-state index contributed by atoms with van der Waals surface area (Å²) in [6.45, 7) is 1.81. The number of rotatable bonds is 0. The summed E-state index contributed by atoms with van der Waals surface area (Å²) >= 11 is 0. The fourth-order valence-electron chi connectivity index (χ4n) is 1.54. The minimum absolute atomic E-state index is 0.715. The largest absolute Gasteiger partial charge is 0.384 e. The number of pyridine rings is 1. The van der Waals surface area contributed by atoms with E-state index in [-0.39, 0.29) is 0 Å². The molecule has 1 aliphatic carbocycles. The summed E-state index contributed by atoms with van der Waals surface area (Å²) in [5.74, 6) is 0. The van der Waals surface area contributed by atoms with Crippen LogP contribution in [0.4, 0.5) is 0 Å². The number of nitrogens with zero attached hydrogens (tertiary/aromatic N) is 1. The Morgan fingerprint density at radius 1 is 1.73 bits per heavy atom. The van der Waals surface area contributed by atoms with E-state index in [4.69, 9.17) is 0 Å². The molecule has 1 unspecified atom stereocenters. The van der Waals surface area contributed by atoms with Crippen LogP contribution in [0, 0.1) is 6.07 Å². The van der Waals surface area contributed by atoms with Crippen LogP contribution >= 0.6 is 0 Å². The van der Waals surface area contributed by atoms with Crippen molar-refractivity contribution in [2.24, 2.45) is 0 Å². The molecular formula is C9H10NO. The number of hydrogen-bond acceptors (Lipinski definition) is 2. The molecular weight excluding hydrogens is 138 g/mol. The molecule has 0 spiro atoms. The molecule has 1 radical (unpaired) electrons. The van der Waals surface area contributed by atoms with E-state index in [2.05, 4.69) is 11.1 Å². The zero-order valence-electron chi connectivity index (χ0n) is 6.46. The molecule has 2 heteroatoms. The fraction of sp³-hybridized carbons (Fsp3) is 0.444. The maximum Gasteiger partial charge on any atom is 0.104 e. The zero-order valence-corrected chi connectivity index (χ0v) is 6.46. The number of aromatic nitrogens is 1. The summed E-state index contributed by atoms with van der Waals surface area (Å²) in [6.07, 6.45) is 3.35. The fourth-order valence-corrected chi connectivity index (χ4v) is 1.54. The van der Waals surface area contributed by atoms with Gasteiger partial charge in [0, 0.05) is 6.20 Å². The highest BCUT2D eigenvalue weighted by Gasteiger charge is 2.32. The van der Waals surface area contributed by atoms with Crippen molar-refractivity contribution < 1.29 is 5.11 Å². The maximum atomic E-state index is 9.76. The van der Waals surface area contributed by atoms with E-state index >= 15 is 0 Å². The molecule has 1 atom stereocenters. The Morgan fingerprint density at radius 2 is 2.55 bits per heavy atom. The molecule has 1 aromatic rings. The molecule has 2 nitrogen and oxygen atoms in total. The minimum Gasteiger partial charge on any atom is -0.384 e. The zero-order chi connectivity index (χ0) is 7.90. The molecule has 57 valence electrons. The van der Waals surface area contributed by atoms with Gasteiger partial charge in [-0.05, 0) is 37.5 Å². The van der Waals surface area contributed by atoms with E-state index in [9.17, 15) is 5.11 Å². The first-order valence-corrected chi connectivity index (χ1v) is 3.78. The van der Waals surface area contributed by atoms with Crippen molar-refractivity contribution in [3.8, 4) is 0 Å². The normalized spacial score (nSPS) is 28.5. The van der Waals surface area contributed by atoms with Gasteiger partial charge in [-0.25, -0.2) is 0 Å². The van der Waals surface area contributed by atoms with Crippen molar-refractivity contribution >= 4 is 0 Å². The molecule has 2 rings (SSSR count). The molecule has 0 aliphatic heterocycles. The molecule has 11 heavy (non-hydrogen) atoms. The lowest BCUT2D eigenvalue weighted by Gasteiger charge is -2.15. The van der Waals surface area contributed by atoms with Gasteiger partial charge in [0.2, 0.25) is 0 Å². The smallest absolute Gasteiger partial charge is 0.104 e. The topological polar surface area (TPSA) is 33.1 Å². The first-order chi connectivity index (χ1) is 5.20. The number of aliphatic hydroxyl groups is 1. The quantitative estimate of drug-likeness (QED) is 0.596. The monoisotopic (exact) mass is 148 g/mol. The van der Waals surface area contributed by atoms with Crippen molar-refractivity contribution in [2.75, 3.05) is 0 Å². The van der Waals surface area contributed by atoms with Crippen molar-refractivity contribution in [1.29, 1.82) is 0 Å².